The van der Waals surface area contributed by atoms with Gasteiger partial charge in [-0.1, -0.05) is 73.9 Å². The van der Waals surface area contributed by atoms with Gasteiger partial charge in [0, 0.05) is 54.2 Å². The smallest absolute Gasteiger partial charge is 0.0769 e. The van der Waals surface area contributed by atoms with E-state index in [9.17, 15) is 0 Å². The first-order chi connectivity index (χ1) is 17.6. The van der Waals surface area contributed by atoms with E-state index in [-0.39, 0.29) is 40.7 Å². The Labute approximate surface area is 250 Å². The molecule has 7 heteroatoms. The Morgan fingerprint density at radius 2 is 1.18 bits per heavy atom. The number of aromatic nitrogens is 4. The van der Waals surface area contributed by atoms with Gasteiger partial charge in [0.2, 0.25) is 0 Å². The van der Waals surface area contributed by atoms with Crippen LogP contribution in [-0.2, 0) is 33.8 Å². The van der Waals surface area contributed by atoms with Crippen LogP contribution in [0, 0.1) is 0 Å². The second-order valence-corrected chi connectivity index (χ2v) is 17.5. The molecule has 4 rings (SSSR count). The second kappa shape index (κ2) is 13.3. The molecule has 1 atom stereocenters. The van der Waals surface area contributed by atoms with Crippen molar-refractivity contribution >= 4 is 17.2 Å². The summed E-state index contributed by atoms with van der Waals surface area (Å²) in [5, 5.41) is -0.169. The van der Waals surface area contributed by atoms with Crippen LogP contribution < -0.4 is 0 Å². The predicted octanol–water partition coefficient (Wildman–Crippen LogP) is 8.43. The Morgan fingerprint density at radius 3 is 1.51 bits per heavy atom. The Balaban J connectivity index is 0.000000797. The van der Waals surface area contributed by atoms with Gasteiger partial charge in [-0.3, -0.25) is 19.9 Å². The van der Waals surface area contributed by atoms with E-state index in [2.05, 4.69) is 93.7 Å². The van der Waals surface area contributed by atoms with E-state index in [1.807, 2.05) is 42.7 Å². The Hall–Kier alpha value is -1.76. The zero-order valence-corrected chi connectivity index (χ0v) is 28.0. The summed E-state index contributed by atoms with van der Waals surface area (Å²) < 4.78 is 0. The van der Waals surface area contributed by atoms with Crippen LogP contribution in [0.1, 0.15) is 90.4 Å². The van der Waals surface area contributed by atoms with E-state index in [1.54, 1.807) is 24.8 Å². The van der Waals surface area contributed by atoms with E-state index in [1.165, 1.54) is 16.7 Å². The molecule has 4 aromatic rings. The van der Waals surface area contributed by atoms with Gasteiger partial charge in [0.25, 0.3) is 0 Å². The van der Waals surface area contributed by atoms with Gasteiger partial charge in [-0.15, -0.1) is 28.3 Å². The molecule has 0 fully saturated rings. The maximum Gasteiger partial charge on any atom is 0.0769 e. The van der Waals surface area contributed by atoms with Crippen molar-refractivity contribution in [2.75, 3.05) is 0 Å². The van der Waals surface area contributed by atoms with Gasteiger partial charge < -0.3 is 30.3 Å². The number of hydrogen-bond donors (Lipinski definition) is 0. The molecular formula is C32H44FeN4P2-6. The predicted molar refractivity (Wildman–Crippen MR) is 167 cm³/mol. The van der Waals surface area contributed by atoms with Gasteiger partial charge in [0.05, 0.1) is 16.5 Å². The molecule has 2 aromatic heterocycles. The van der Waals surface area contributed by atoms with Crippen molar-refractivity contribution in [2.24, 2.45) is 0 Å². The topological polar surface area (TPSA) is 51.6 Å². The van der Waals surface area contributed by atoms with Crippen LogP contribution in [0.5, 0.6) is 0 Å². The summed E-state index contributed by atoms with van der Waals surface area (Å²) in [6, 6.07) is 14.8. The Morgan fingerprint density at radius 1 is 0.744 bits per heavy atom. The van der Waals surface area contributed by atoms with Crippen LogP contribution in [0.25, 0.3) is 0 Å². The monoisotopic (exact) mass is 602 g/mol. The summed E-state index contributed by atoms with van der Waals surface area (Å²) in [7, 11) is 2.75. The molecule has 2 heterocycles. The van der Waals surface area contributed by atoms with Crippen LogP contribution in [-0.4, -0.2) is 30.2 Å². The first-order valence-corrected chi connectivity index (χ1v) is 15.3. The molecule has 0 spiro atoms. The molecule has 0 radical (unpaired) electrons. The zero-order valence-electron chi connectivity index (χ0n) is 24.9. The van der Waals surface area contributed by atoms with Crippen molar-refractivity contribution < 1.29 is 17.1 Å². The first-order valence-electron chi connectivity index (χ1n) is 13.2. The van der Waals surface area contributed by atoms with Crippen LogP contribution in [0.4, 0.5) is 0 Å². The number of nitrogens with zero attached hydrogens (tertiary/aromatic N) is 4. The normalized spacial score (nSPS) is 12.5. The molecule has 2 aromatic carbocycles. The summed E-state index contributed by atoms with van der Waals surface area (Å²) in [5.74, 6) is 0. The molecule has 0 N–H and O–H groups in total. The summed E-state index contributed by atoms with van der Waals surface area (Å²) in [6.07, 6.45) is 11.7. The fraction of sp³-hybridized carbons (Fsp3) is 0.438. The molecule has 1 unspecified atom stereocenters. The molecular weight excluding hydrogens is 558 g/mol. The van der Waals surface area contributed by atoms with Gasteiger partial charge in [-0.05, 0) is 10.3 Å². The van der Waals surface area contributed by atoms with E-state index in [4.69, 9.17) is 9.97 Å². The summed E-state index contributed by atoms with van der Waals surface area (Å²) in [4.78, 5) is 18.3. The summed E-state index contributed by atoms with van der Waals surface area (Å²) >= 11 is 0. The SMILES string of the molecule is CC(C)(C)c1cc(C(P)(c2cnccn2)c2cnccn2)[c-](CP(C(C)(C)C)C(C)(C)C)c1.[Fe].[cH-]1[cH-][cH-][cH-][cH-]1. The average Bonchev–Trinajstić information content (AvgIpc) is 3.55. The minimum Gasteiger partial charge on any atom is -0.748 e. The minimum atomic E-state index is -0.627. The molecule has 39 heavy (non-hydrogen) atoms. The first kappa shape index (κ1) is 33.4. The van der Waals surface area contributed by atoms with E-state index in [0.29, 0.717) is 0 Å². The van der Waals surface area contributed by atoms with Crippen molar-refractivity contribution in [1.29, 1.82) is 0 Å². The largest absolute Gasteiger partial charge is 0.748 e. The maximum atomic E-state index is 4.75. The van der Waals surface area contributed by atoms with Crippen molar-refractivity contribution in [3.8, 4) is 0 Å². The summed E-state index contributed by atoms with van der Waals surface area (Å²) in [5.41, 5.74) is 5.71. The maximum absolute atomic E-state index is 4.75. The van der Waals surface area contributed by atoms with E-state index < -0.39 is 5.16 Å². The average molecular weight is 603 g/mol. The molecule has 0 aliphatic carbocycles. The quantitative estimate of drug-likeness (QED) is 0.131. The molecule has 0 saturated heterocycles. The number of hydrogen-bond acceptors (Lipinski definition) is 4. The Kier molecular flexibility index (Phi) is 11.4. The van der Waals surface area contributed by atoms with Crippen molar-refractivity contribution in [2.45, 2.75) is 89.4 Å². The van der Waals surface area contributed by atoms with Crippen LogP contribution >= 0.6 is 17.2 Å². The fourth-order valence-electron chi connectivity index (χ4n) is 4.87. The third-order valence-electron chi connectivity index (χ3n) is 6.70. The number of rotatable bonds is 5. The fourth-order valence-corrected chi connectivity index (χ4v) is 9.00. The molecule has 0 saturated carbocycles. The van der Waals surface area contributed by atoms with Gasteiger partial charge in [0.15, 0.2) is 0 Å². The van der Waals surface area contributed by atoms with Gasteiger partial charge in [-0.2, -0.15) is 11.6 Å². The van der Waals surface area contributed by atoms with Crippen LogP contribution in [0.2, 0.25) is 0 Å². The Bertz CT molecular complexity index is 1180. The van der Waals surface area contributed by atoms with Crippen LogP contribution in [0.15, 0.2) is 79.6 Å². The third-order valence-corrected chi connectivity index (χ3v) is 11.5. The molecule has 0 amide bonds. The zero-order chi connectivity index (χ0) is 28.2. The minimum absolute atomic E-state index is 0. The van der Waals surface area contributed by atoms with Crippen molar-refractivity contribution in [3.05, 3.63) is 108 Å². The van der Waals surface area contributed by atoms with E-state index >= 15 is 0 Å². The van der Waals surface area contributed by atoms with Gasteiger partial charge in [-0.25, -0.2) is 6.07 Å². The molecule has 0 aliphatic heterocycles. The van der Waals surface area contributed by atoms with Gasteiger partial charge in [0.1, 0.15) is 0 Å². The molecule has 4 nitrogen and oxygen atoms in total. The summed E-state index contributed by atoms with van der Waals surface area (Å²) in [6.45, 7) is 21.2. The van der Waals surface area contributed by atoms with Gasteiger partial charge >= 0.3 is 0 Å². The van der Waals surface area contributed by atoms with Crippen molar-refractivity contribution in [3.63, 3.8) is 0 Å². The molecule has 0 bridgehead atoms. The molecule has 216 valence electrons. The van der Waals surface area contributed by atoms with E-state index in [0.717, 1.165) is 17.5 Å². The van der Waals surface area contributed by atoms with Crippen LogP contribution in [0.3, 0.4) is 0 Å². The molecule has 0 aliphatic rings. The third kappa shape index (κ3) is 8.37. The second-order valence-electron chi connectivity index (χ2n) is 12.8. The standard InChI is InChI=1S/C27H39N4P2.C5H5.Fe/c1-24(2,3)20-14-19(18-33(25(4,5)6)26(7,8)9)21(15-20)27(32,22-16-28-10-12-30-22)23-17-29-11-13-31-23;1-2-4-5-3-1;/h10-17H,18,32H2,1-9H3;1-5H;/q-1;-5;. The van der Waals surface area contributed by atoms with Crippen molar-refractivity contribution in [1.82, 2.24) is 19.9 Å².